The number of carbonyl (C=O) groups excluding carboxylic acids is 1. The SMILES string of the molecule is Cl.Cl.O=C(NC1CCN(c2ccc(F)cc2)CC1)[C@@H]1CNC[C@H]1c1ccccc1. The van der Waals surface area contributed by atoms with Gasteiger partial charge in [0.2, 0.25) is 5.91 Å². The molecule has 0 spiro atoms. The van der Waals surface area contributed by atoms with Gasteiger partial charge in [-0.05, 0) is 42.7 Å². The zero-order chi connectivity index (χ0) is 18.6. The van der Waals surface area contributed by atoms with E-state index in [2.05, 4.69) is 27.7 Å². The highest BCUT2D eigenvalue weighted by Crippen LogP contribution is 2.28. The predicted octanol–water partition coefficient (Wildman–Crippen LogP) is 3.76. The summed E-state index contributed by atoms with van der Waals surface area (Å²) in [5.41, 5.74) is 2.28. The van der Waals surface area contributed by atoms with E-state index < -0.39 is 0 Å². The van der Waals surface area contributed by atoms with Gasteiger partial charge in [-0.25, -0.2) is 4.39 Å². The minimum Gasteiger partial charge on any atom is -0.371 e. The third-order valence-corrected chi connectivity index (χ3v) is 5.81. The van der Waals surface area contributed by atoms with Crippen molar-refractivity contribution >= 4 is 36.4 Å². The Morgan fingerprint density at radius 3 is 2.28 bits per heavy atom. The lowest BCUT2D eigenvalue weighted by molar-refractivity contribution is -0.125. The maximum atomic E-state index is 13.1. The highest BCUT2D eigenvalue weighted by Gasteiger charge is 2.35. The van der Waals surface area contributed by atoms with Crippen molar-refractivity contribution in [2.24, 2.45) is 5.92 Å². The molecule has 0 radical (unpaired) electrons. The van der Waals surface area contributed by atoms with Gasteiger partial charge in [-0.15, -0.1) is 24.8 Å². The van der Waals surface area contributed by atoms with Gasteiger partial charge in [0.15, 0.2) is 0 Å². The molecule has 2 aromatic rings. The molecule has 2 saturated heterocycles. The quantitative estimate of drug-likeness (QED) is 0.761. The van der Waals surface area contributed by atoms with Crippen LogP contribution in [0.25, 0.3) is 0 Å². The summed E-state index contributed by atoms with van der Waals surface area (Å²) >= 11 is 0. The molecule has 7 heteroatoms. The molecule has 2 heterocycles. The van der Waals surface area contributed by atoms with Gasteiger partial charge in [-0.3, -0.25) is 4.79 Å². The van der Waals surface area contributed by atoms with Crippen LogP contribution in [0.3, 0.4) is 0 Å². The van der Waals surface area contributed by atoms with Crippen molar-refractivity contribution in [1.29, 1.82) is 0 Å². The van der Waals surface area contributed by atoms with Crippen LogP contribution in [0.1, 0.15) is 24.3 Å². The number of anilines is 1. The molecule has 158 valence electrons. The molecule has 0 saturated carbocycles. The number of nitrogens with zero attached hydrogens (tertiary/aromatic N) is 1. The van der Waals surface area contributed by atoms with E-state index in [4.69, 9.17) is 0 Å². The lowest BCUT2D eigenvalue weighted by Crippen LogP contribution is -2.47. The van der Waals surface area contributed by atoms with Crippen LogP contribution in [0.4, 0.5) is 10.1 Å². The predicted molar refractivity (Wildman–Crippen MR) is 120 cm³/mol. The molecular formula is C22H28Cl2FN3O. The molecule has 2 atom stereocenters. The molecule has 2 aromatic carbocycles. The number of halogens is 3. The zero-order valence-corrected chi connectivity index (χ0v) is 17.9. The van der Waals surface area contributed by atoms with E-state index in [1.165, 1.54) is 17.7 Å². The molecule has 4 nitrogen and oxygen atoms in total. The van der Waals surface area contributed by atoms with Crippen LogP contribution in [0.5, 0.6) is 0 Å². The van der Waals surface area contributed by atoms with E-state index in [0.29, 0.717) is 0 Å². The van der Waals surface area contributed by atoms with E-state index >= 15 is 0 Å². The first-order valence-electron chi connectivity index (χ1n) is 9.77. The number of rotatable bonds is 4. The summed E-state index contributed by atoms with van der Waals surface area (Å²) in [6, 6.07) is 17.2. The molecule has 29 heavy (non-hydrogen) atoms. The summed E-state index contributed by atoms with van der Waals surface area (Å²) in [5, 5.41) is 6.65. The number of nitrogens with one attached hydrogen (secondary N) is 2. The standard InChI is InChI=1S/C22H26FN3O.2ClH/c23-17-6-8-19(9-7-17)26-12-10-18(11-13-26)25-22(27)21-15-24-14-20(21)16-4-2-1-3-5-16;;/h1-9,18,20-21,24H,10-15H2,(H,25,27);2*1H/t20-,21+;;/m0../s1. The fourth-order valence-corrected chi connectivity index (χ4v) is 4.25. The lowest BCUT2D eigenvalue weighted by atomic mass is 9.88. The largest absolute Gasteiger partial charge is 0.371 e. The van der Waals surface area contributed by atoms with Crippen LogP contribution in [-0.2, 0) is 4.79 Å². The molecule has 2 fully saturated rings. The summed E-state index contributed by atoms with van der Waals surface area (Å²) < 4.78 is 13.1. The van der Waals surface area contributed by atoms with Gasteiger partial charge < -0.3 is 15.5 Å². The van der Waals surface area contributed by atoms with Gasteiger partial charge in [0.25, 0.3) is 0 Å². The van der Waals surface area contributed by atoms with E-state index in [9.17, 15) is 9.18 Å². The first-order valence-corrected chi connectivity index (χ1v) is 9.77. The van der Waals surface area contributed by atoms with Crippen LogP contribution in [-0.4, -0.2) is 38.1 Å². The molecule has 2 N–H and O–H groups in total. The van der Waals surface area contributed by atoms with Gasteiger partial charge in [0.05, 0.1) is 5.92 Å². The first-order chi connectivity index (χ1) is 13.2. The number of carbonyl (C=O) groups is 1. The molecule has 4 rings (SSSR count). The number of piperidine rings is 1. The van der Waals surface area contributed by atoms with Crippen LogP contribution in [0.15, 0.2) is 54.6 Å². The third-order valence-electron chi connectivity index (χ3n) is 5.81. The third kappa shape index (κ3) is 5.62. The topological polar surface area (TPSA) is 44.4 Å². The maximum Gasteiger partial charge on any atom is 0.225 e. The maximum absolute atomic E-state index is 13.1. The van der Waals surface area contributed by atoms with Gasteiger partial charge in [-0.2, -0.15) is 0 Å². The van der Waals surface area contributed by atoms with Gasteiger partial charge in [0.1, 0.15) is 5.82 Å². The Morgan fingerprint density at radius 1 is 0.966 bits per heavy atom. The lowest BCUT2D eigenvalue weighted by Gasteiger charge is -2.34. The van der Waals surface area contributed by atoms with E-state index in [1.54, 1.807) is 0 Å². The number of hydrogen-bond donors (Lipinski definition) is 2. The first kappa shape index (κ1) is 23.5. The Hall–Kier alpha value is -1.82. The van der Waals surface area contributed by atoms with Crippen LogP contribution >= 0.6 is 24.8 Å². The second-order valence-electron chi connectivity index (χ2n) is 7.53. The molecular weight excluding hydrogens is 412 g/mol. The summed E-state index contributed by atoms with van der Waals surface area (Å²) in [7, 11) is 0. The highest BCUT2D eigenvalue weighted by molar-refractivity contribution is 5.85. The Labute approximate surface area is 184 Å². The minimum absolute atomic E-state index is 0. The van der Waals surface area contributed by atoms with Crippen molar-refractivity contribution in [3.05, 3.63) is 66.0 Å². The second kappa shape index (κ2) is 10.8. The average Bonchev–Trinajstić information content (AvgIpc) is 3.20. The van der Waals surface area contributed by atoms with Crippen LogP contribution in [0.2, 0.25) is 0 Å². The summed E-state index contributed by atoms with van der Waals surface area (Å²) in [6.07, 6.45) is 1.83. The molecule has 2 aliphatic heterocycles. The van der Waals surface area contributed by atoms with Crippen molar-refractivity contribution in [2.45, 2.75) is 24.8 Å². The Bertz CT molecular complexity index is 767. The highest BCUT2D eigenvalue weighted by atomic mass is 35.5. The van der Waals surface area contributed by atoms with Crippen LogP contribution in [0, 0.1) is 11.7 Å². The van der Waals surface area contributed by atoms with Crippen LogP contribution < -0.4 is 15.5 Å². The number of benzene rings is 2. The molecule has 0 unspecified atom stereocenters. The zero-order valence-electron chi connectivity index (χ0n) is 16.2. The summed E-state index contributed by atoms with van der Waals surface area (Å²) in [6.45, 7) is 3.34. The number of hydrogen-bond acceptors (Lipinski definition) is 3. The molecule has 0 bridgehead atoms. The summed E-state index contributed by atoms with van der Waals surface area (Å²) in [4.78, 5) is 15.1. The Balaban J connectivity index is 0.00000150. The van der Waals surface area contributed by atoms with Gasteiger partial charge >= 0.3 is 0 Å². The Morgan fingerprint density at radius 2 is 1.62 bits per heavy atom. The van der Waals surface area contributed by atoms with E-state index in [1.807, 2.05) is 30.3 Å². The monoisotopic (exact) mass is 439 g/mol. The molecule has 2 aliphatic rings. The van der Waals surface area contributed by atoms with E-state index in [0.717, 1.165) is 44.7 Å². The van der Waals surface area contributed by atoms with Crippen molar-refractivity contribution < 1.29 is 9.18 Å². The van der Waals surface area contributed by atoms with Crippen molar-refractivity contribution in [2.75, 3.05) is 31.1 Å². The fraction of sp³-hybridized carbons (Fsp3) is 0.409. The fourth-order valence-electron chi connectivity index (χ4n) is 4.25. The van der Waals surface area contributed by atoms with Crippen molar-refractivity contribution in [1.82, 2.24) is 10.6 Å². The molecule has 0 aromatic heterocycles. The Kier molecular flexibility index (Phi) is 8.75. The van der Waals surface area contributed by atoms with Gasteiger partial charge in [0, 0.05) is 43.8 Å². The normalized spacial score (nSPS) is 21.8. The minimum atomic E-state index is -0.209. The summed E-state index contributed by atoms with van der Waals surface area (Å²) in [5.74, 6) is 0.182. The smallest absolute Gasteiger partial charge is 0.225 e. The molecule has 0 aliphatic carbocycles. The van der Waals surface area contributed by atoms with E-state index in [-0.39, 0.29) is 54.4 Å². The van der Waals surface area contributed by atoms with Crippen molar-refractivity contribution in [3.8, 4) is 0 Å². The van der Waals surface area contributed by atoms with Crippen molar-refractivity contribution in [3.63, 3.8) is 0 Å². The average molecular weight is 440 g/mol. The second-order valence-corrected chi connectivity index (χ2v) is 7.53. The molecule has 1 amide bonds. The number of amides is 1. The van der Waals surface area contributed by atoms with Gasteiger partial charge in [-0.1, -0.05) is 30.3 Å².